The largest absolute Gasteiger partial charge is 0.497 e. The van der Waals surface area contributed by atoms with Crippen molar-refractivity contribution in [2.75, 3.05) is 37.0 Å². The summed E-state index contributed by atoms with van der Waals surface area (Å²) in [6, 6.07) is 13.0. The van der Waals surface area contributed by atoms with Crippen LogP contribution >= 0.6 is 0 Å². The molecule has 1 saturated heterocycles. The lowest BCUT2D eigenvalue weighted by Crippen LogP contribution is -2.21. The summed E-state index contributed by atoms with van der Waals surface area (Å²) in [7, 11) is 1.57. The highest BCUT2D eigenvalue weighted by atomic mass is 16.5. The second-order valence-corrected chi connectivity index (χ2v) is 7.28. The van der Waals surface area contributed by atoms with Crippen LogP contribution in [0.3, 0.4) is 0 Å². The number of hydrogen-bond acceptors (Lipinski definition) is 6. The number of anilines is 2. The first-order valence-electron chi connectivity index (χ1n) is 9.94. The molecule has 30 heavy (non-hydrogen) atoms. The molecule has 156 valence electrons. The summed E-state index contributed by atoms with van der Waals surface area (Å²) in [6.45, 7) is 3.50. The van der Waals surface area contributed by atoms with Crippen LogP contribution in [-0.4, -0.2) is 38.7 Å². The van der Waals surface area contributed by atoms with E-state index in [0.29, 0.717) is 22.6 Å². The smallest absolute Gasteiger partial charge is 0.375 e. The summed E-state index contributed by atoms with van der Waals surface area (Å²) >= 11 is 0. The van der Waals surface area contributed by atoms with Gasteiger partial charge in [0.05, 0.1) is 7.11 Å². The van der Waals surface area contributed by atoms with Gasteiger partial charge in [-0.1, -0.05) is 0 Å². The van der Waals surface area contributed by atoms with Crippen molar-refractivity contribution in [3.63, 3.8) is 0 Å². The molecule has 0 saturated carbocycles. The zero-order valence-electron chi connectivity index (χ0n) is 17.1. The zero-order valence-corrected chi connectivity index (χ0v) is 17.1. The van der Waals surface area contributed by atoms with Crippen LogP contribution in [0.2, 0.25) is 0 Å². The SMILES string of the molecule is COc1ccc2oc(C(=O)OCC(=O)Nc3ccc(N4CCCC4)cc3)c(C)c2c1. The van der Waals surface area contributed by atoms with Gasteiger partial charge in [-0.15, -0.1) is 0 Å². The van der Waals surface area contributed by atoms with E-state index in [0.717, 1.165) is 24.2 Å². The van der Waals surface area contributed by atoms with Crippen LogP contribution in [0, 0.1) is 6.92 Å². The third-order valence-corrected chi connectivity index (χ3v) is 5.29. The van der Waals surface area contributed by atoms with Crippen molar-refractivity contribution < 1.29 is 23.5 Å². The van der Waals surface area contributed by atoms with Gasteiger partial charge in [0.15, 0.2) is 6.61 Å². The van der Waals surface area contributed by atoms with Crippen molar-refractivity contribution in [3.05, 3.63) is 53.8 Å². The molecule has 2 aromatic carbocycles. The Bertz CT molecular complexity index is 1070. The molecule has 0 bridgehead atoms. The van der Waals surface area contributed by atoms with E-state index in [1.54, 1.807) is 32.2 Å². The molecule has 7 heteroatoms. The maximum Gasteiger partial charge on any atom is 0.375 e. The number of amides is 1. The predicted octanol–water partition coefficient (Wildman–Crippen LogP) is 4.15. The fourth-order valence-corrected chi connectivity index (χ4v) is 3.65. The molecular weight excluding hydrogens is 384 g/mol. The molecule has 0 spiro atoms. The van der Waals surface area contributed by atoms with Gasteiger partial charge in [-0.3, -0.25) is 4.79 Å². The average molecular weight is 408 g/mol. The number of benzene rings is 2. The molecule has 1 N–H and O–H groups in total. The Morgan fingerprint density at radius 1 is 1.10 bits per heavy atom. The third kappa shape index (κ3) is 4.10. The fraction of sp³-hybridized carbons (Fsp3) is 0.304. The van der Waals surface area contributed by atoms with Gasteiger partial charge in [-0.25, -0.2) is 4.79 Å². The van der Waals surface area contributed by atoms with E-state index >= 15 is 0 Å². The monoisotopic (exact) mass is 408 g/mol. The predicted molar refractivity (Wildman–Crippen MR) is 114 cm³/mol. The van der Waals surface area contributed by atoms with Crippen LogP contribution < -0.4 is 15.0 Å². The van der Waals surface area contributed by atoms with E-state index in [2.05, 4.69) is 10.2 Å². The van der Waals surface area contributed by atoms with E-state index < -0.39 is 18.5 Å². The lowest BCUT2D eigenvalue weighted by atomic mass is 10.1. The van der Waals surface area contributed by atoms with E-state index in [9.17, 15) is 9.59 Å². The quantitative estimate of drug-likeness (QED) is 0.617. The number of fused-ring (bicyclic) bond motifs is 1. The van der Waals surface area contributed by atoms with Crippen LogP contribution in [0.4, 0.5) is 11.4 Å². The maximum absolute atomic E-state index is 12.4. The molecule has 2 heterocycles. The normalized spacial score (nSPS) is 13.5. The highest BCUT2D eigenvalue weighted by Gasteiger charge is 2.20. The van der Waals surface area contributed by atoms with Crippen LogP contribution in [0.1, 0.15) is 29.0 Å². The number of ether oxygens (including phenoxy) is 2. The summed E-state index contributed by atoms with van der Waals surface area (Å²) in [5, 5.41) is 3.51. The molecule has 0 radical (unpaired) electrons. The van der Waals surface area contributed by atoms with Gasteiger partial charge in [-0.05, 0) is 62.2 Å². The number of aryl methyl sites for hydroxylation is 1. The second kappa shape index (κ2) is 8.49. The first-order chi connectivity index (χ1) is 14.5. The Hall–Kier alpha value is -3.48. The van der Waals surface area contributed by atoms with Crippen molar-refractivity contribution in [3.8, 4) is 5.75 Å². The van der Waals surface area contributed by atoms with Crippen LogP contribution in [0.15, 0.2) is 46.9 Å². The molecule has 0 atom stereocenters. The van der Waals surface area contributed by atoms with Crippen molar-refractivity contribution in [1.82, 2.24) is 0 Å². The van der Waals surface area contributed by atoms with Crippen LogP contribution in [0.25, 0.3) is 11.0 Å². The van der Waals surface area contributed by atoms with Gasteiger partial charge in [0.25, 0.3) is 5.91 Å². The Balaban J connectivity index is 1.35. The number of rotatable bonds is 6. The summed E-state index contributed by atoms with van der Waals surface area (Å²) in [5.41, 5.74) is 3.01. The van der Waals surface area contributed by atoms with E-state index in [4.69, 9.17) is 13.9 Å². The maximum atomic E-state index is 12.4. The van der Waals surface area contributed by atoms with Crippen LogP contribution in [0.5, 0.6) is 5.75 Å². The fourth-order valence-electron chi connectivity index (χ4n) is 3.65. The van der Waals surface area contributed by atoms with Crippen molar-refractivity contribution in [2.24, 2.45) is 0 Å². The number of furan rings is 1. The lowest BCUT2D eigenvalue weighted by molar-refractivity contribution is -0.119. The van der Waals surface area contributed by atoms with Gasteiger partial charge in [-0.2, -0.15) is 0 Å². The molecule has 1 amide bonds. The number of methoxy groups -OCH3 is 1. The molecule has 1 aliphatic heterocycles. The summed E-state index contributed by atoms with van der Waals surface area (Å²) in [6.07, 6.45) is 2.42. The number of nitrogens with one attached hydrogen (secondary N) is 1. The van der Waals surface area contributed by atoms with Gasteiger partial charge < -0.3 is 24.1 Å². The van der Waals surface area contributed by atoms with E-state index in [-0.39, 0.29) is 5.76 Å². The van der Waals surface area contributed by atoms with E-state index in [1.165, 1.54) is 12.8 Å². The minimum Gasteiger partial charge on any atom is -0.497 e. The molecule has 7 nitrogen and oxygen atoms in total. The molecule has 4 rings (SSSR count). The first kappa shape index (κ1) is 19.8. The van der Waals surface area contributed by atoms with Crippen molar-refractivity contribution >= 4 is 34.2 Å². The van der Waals surface area contributed by atoms with Gasteiger partial charge in [0.1, 0.15) is 11.3 Å². The number of hydrogen-bond donors (Lipinski definition) is 1. The standard InChI is InChI=1S/C23H24N2O5/c1-15-19-13-18(28-2)9-10-20(19)30-22(15)23(27)29-14-21(26)24-16-5-7-17(8-6-16)25-11-3-4-12-25/h5-10,13H,3-4,11-12,14H2,1-2H3,(H,24,26). The highest BCUT2D eigenvalue weighted by molar-refractivity contribution is 5.98. The molecule has 1 fully saturated rings. The highest BCUT2D eigenvalue weighted by Crippen LogP contribution is 2.29. The Morgan fingerprint density at radius 2 is 1.83 bits per heavy atom. The number of carbonyl (C=O) groups excluding carboxylic acids is 2. The Morgan fingerprint density at radius 3 is 2.53 bits per heavy atom. The van der Waals surface area contributed by atoms with Gasteiger partial charge in [0, 0.05) is 35.4 Å². The molecule has 1 aliphatic rings. The number of nitrogens with zero attached hydrogens (tertiary/aromatic N) is 1. The van der Waals surface area contributed by atoms with Crippen molar-refractivity contribution in [1.29, 1.82) is 0 Å². The third-order valence-electron chi connectivity index (χ3n) is 5.29. The minimum absolute atomic E-state index is 0.0843. The van der Waals surface area contributed by atoms with E-state index in [1.807, 2.05) is 24.3 Å². The molecule has 0 unspecified atom stereocenters. The number of esters is 1. The first-order valence-corrected chi connectivity index (χ1v) is 9.94. The van der Waals surface area contributed by atoms with Crippen molar-refractivity contribution in [2.45, 2.75) is 19.8 Å². The summed E-state index contributed by atoms with van der Waals surface area (Å²) in [5.74, 6) is -0.336. The van der Waals surface area contributed by atoms with Crippen LogP contribution in [-0.2, 0) is 9.53 Å². The zero-order chi connectivity index (χ0) is 21.1. The molecular formula is C23H24N2O5. The summed E-state index contributed by atoms with van der Waals surface area (Å²) in [4.78, 5) is 26.9. The van der Waals surface area contributed by atoms with Gasteiger partial charge in [0.2, 0.25) is 5.76 Å². The molecule has 3 aromatic rings. The lowest BCUT2D eigenvalue weighted by Gasteiger charge is -2.17. The average Bonchev–Trinajstić information content (AvgIpc) is 3.41. The second-order valence-electron chi connectivity index (χ2n) is 7.28. The Kier molecular flexibility index (Phi) is 5.61. The Labute approximate surface area is 174 Å². The molecule has 0 aliphatic carbocycles. The van der Waals surface area contributed by atoms with Gasteiger partial charge >= 0.3 is 5.97 Å². The topological polar surface area (TPSA) is 81.0 Å². The molecule has 1 aromatic heterocycles. The minimum atomic E-state index is -0.679. The number of carbonyl (C=O) groups is 2. The summed E-state index contributed by atoms with van der Waals surface area (Å²) < 4.78 is 16.0.